The topological polar surface area (TPSA) is 82.2 Å². The molecule has 26 heavy (non-hydrogen) atoms. The molecule has 1 aromatic heterocycles. The number of anilines is 1. The van der Waals surface area contributed by atoms with Crippen LogP contribution in [0.15, 0.2) is 18.2 Å². The van der Waals surface area contributed by atoms with Gasteiger partial charge in [0.2, 0.25) is 0 Å². The highest BCUT2D eigenvalue weighted by Gasteiger charge is 2.27. The highest BCUT2D eigenvalue weighted by Crippen LogP contribution is 2.37. The number of fused-ring (bicyclic) bond motifs is 2. The largest absolute Gasteiger partial charge is 0.481 e. The molecule has 3 N–H and O–H groups in total. The minimum Gasteiger partial charge on any atom is -0.481 e. The number of H-pyrrole nitrogens is 1. The number of aromatic amines is 1. The Morgan fingerprint density at radius 1 is 1.27 bits per heavy atom. The Balaban J connectivity index is 1.81. The Hall–Kier alpha value is -2.82. The van der Waals surface area contributed by atoms with Gasteiger partial charge in [0.05, 0.1) is 5.57 Å². The SMILES string of the molecule is Cc1cccc2c1C(=Cc1[nH]c3c(c1CCC(=O)O)CCCC3)C(=O)N2. The fraction of sp³-hybridized carbons (Fsp3) is 0.333. The van der Waals surface area contributed by atoms with Crippen molar-refractivity contribution in [3.8, 4) is 0 Å². The molecule has 1 aromatic carbocycles. The van der Waals surface area contributed by atoms with Crippen LogP contribution in [0.2, 0.25) is 0 Å². The van der Waals surface area contributed by atoms with Gasteiger partial charge in [-0.05, 0) is 67.9 Å². The van der Waals surface area contributed by atoms with Crippen LogP contribution < -0.4 is 5.32 Å². The summed E-state index contributed by atoms with van der Waals surface area (Å²) in [5.74, 6) is -0.903. The van der Waals surface area contributed by atoms with Gasteiger partial charge in [-0.25, -0.2) is 0 Å². The van der Waals surface area contributed by atoms with E-state index in [4.69, 9.17) is 5.11 Å². The minimum atomic E-state index is -0.797. The van der Waals surface area contributed by atoms with Crippen LogP contribution in [0.4, 0.5) is 5.69 Å². The number of amides is 1. The van der Waals surface area contributed by atoms with Crippen LogP contribution >= 0.6 is 0 Å². The van der Waals surface area contributed by atoms with Gasteiger partial charge in [-0.2, -0.15) is 0 Å². The predicted molar refractivity (Wildman–Crippen MR) is 101 cm³/mol. The number of benzene rings is 1. The molecule has 0 atom stereocenters. The Labute approximate surface area is 152 Å². The van der Waals surface area contributed by atoms with Crippen molar-refractivity contribution in [3.05, 3.63) is 51.8 Å². The summed E-state index contributed by atoms with van der Waals surface area (Å²) in [6.45, 7) is 2.00. The lowest BCUT2D eigenvalue weighted by atomic mass is 9.92. The van der Waals surface area contributed by atoms with E-state index < -0.39 is 5.97 Å². The predicted octanol–water partition coefficient (Wildman–Crippen LogP) is 3.71. The lowest BCUT2D eigenvalue weighted by molar-refractivity contribution is -0.137. The average molecular weight is 350 g/mol. The third kappa shape index (κ3) is 2.83. The molecule has 4 rings (SSSR count). The van der Waals surface area contributed by atoms with Gasteiger partial charge < -0.3 is 15.4 Å². The van der Waals surface area contributed by atoms with Crippen molar-refractivity contribution in [3.63, 3.8) is 0 Å². The van der Waals surface area contributed by atoms with E-state index in [9.17, 15) is 9.59 Å². The van der Waals surface area contributed by atoms with Gasteiger partial charge >= 0.3 is 5.97 Å². The van der Waals surface area contributed by atoms with Crippen molar-refractivity contribution in [1.82, 2.24) is 4.98 Å². The third-order valence-corrected chi connectivity index (χ3v) is 5.36. The van der Waals surface area contributed by atoms with Gasteiger partial charge in [0.15, 0.2) is 0 Å². The van der Waals surface area contributed by atoms with Gasteiger partial charge in [-0.3, -0.25) is 9.59 Å². The number of hydrogen-bond acceptors (Lipinski definition) is 2. The molecule has 1 amide bonds. The number of carboxylic acids is 1. The molecule has 2 heterocycles. The number of aromatic nitrogens is 1. The summed E-state index contributed by atoms with van der Waals surface area (Å²) < 4.78 is 0. The second kappa shape index (κ2) is 6.48. The molecule has 5 nitrogen and oxygen atoms in total. The summed E-state index contributed by atoms with van der Waals surface area (Å²) in [4.78, 5) is 27.1. The molecule has 2 aromatic rings. The van der Waals surface area contributed by atoms with Crippen molar-refractivity contribution in [2.75, 3.05) is 5.32 Å². The molecule has 1 aliphatic heterocycles. The summed E-state index contributed by atoms with van der Waals surface area (Å²) in [7, 11) is 0. The zero-order chi connectivity index (χ0) is 18.3. The van der Waals surface area contributed by atoms with Gasteiger partial charge in [-0.15, -0.1) is 0 Å². The Bertz CT molecular complexity index is 937. The monoisotopic (exact) mass is 350 g/mol. The molecular weight excluding hydrogens is 328 g/mol. The average Bonchev–Trinajstić information content (AvgIpc) is 3.11. The fourth-order valence-corrected chi connectivity index (χ4v) is 4.13. The Kier molecular flexibility index (Phi) is 4.15. The van der Waals surface area contributed by atoms with Crippen LogP contribution in [-0.4, -0.2) is 22.0 Å². The van der Waals surface area contributed by atoms with Gasteiger partial charge in [0.1, 0.15) is 0 Å². The summed E-state index contributed by atoms with van der Waals surface area (Å²) in [6, 6.07) is 5.84. The number of aliphatic carboxylic acids is 1. The van der Waals surface area contributed by atoms with Gasteiger partial charge in [-0.1, -0.05) is 12.1 Å². The van der Waals surface area contributed by atoms with Crippen LogP contribution in [0.3, 0.4) is 0 Å². The zero-order valence-electron chi connectivity index (χ0n) is 14.8. The fourth-order valence-electron chi connectivity index (χ4n) is 4.13. The summed E-state index contributed by atoms with van der Waals surface area (Å²) in [6.07, 6.45) is 6.73. The van der Waals surface area contributed by atoms with E-state index in [2.05, 4.69) is 10.3 Å². The molecule has 0 saturated heterocycles. The summed E-state index contributed by atoms with van der Waals surface area (Å²) >= 11 is 0. The van der Waals surface area contributed by atoms with Crippen LogP contribution in [0.1, 0.15) is 52.9 Å². The maximum Gasteiger partial charge on any atom is 0.303 e. The minimum absolute atomic E-state index is 0.0995. The van der Waals surface area contributed by atoms with Crippen LogP contribution in [-0.2, 0) is 28.9 Å². The lowest BCUT2D eigenvalue weighted by Gasteiger charge is -2.12. The number of aryl methyl sites for hydroxylation is 2. The molecular formula is C21H22N2O3. The van der Waals surface area contributed by atoms with Crippen molar-refractivity contribution >= 4 is 29.2 Å². The quantitative estimate of drug-likeness (QED) is 0.735. The maximum absolute atomic E-state index is 12.5. The normalized spacial score (nSPS) is 17.1. The Morgan fingerprint density at radius 2 is 2.08 bits per heavy atom. The number of carboxylic acid groups (broad SMARTS) is 1. The molecule has 0 spiro atoms. The summed E-state index contributed by atoms with van der Waals surface area (Å²) in [5.41, 5.74) is 7.88. The molecule has 0 bridgehead atoms. The van der Waals surface area contributed by atoms with Gasteiger partial charge in [0, 0.05) is 29.1 Å². The van der Waals surface area contributed by atoms with E-state index in [-0.39, 0.29) is 12.3 Å². The van der Waals surface area contributed by atoms with Crippen molar-refractivity contribution in [2.24, 2.45) is 0 Å². The molecule has 0 unspecified atom stereocenters. The highest BCUT2D eigenvalue weighted by molar-refractivity contribution is 6.35. The molecule has 2 aliphatic rings. The number of nitrogens with one attached hydrogen (secondary N) is 2. The van der Waals surface area contributed by atoms with E-state index in [1.807, 2.05) is 31.2 Å². The van der Waals surface area contributed by atoms with E-state index in [1.54, 1.807) is 0 Å². The molecule has 0 radical (unpaired) electrons. The molecule has 0 saturated carbocycles. The first kappa shape index (κ1) is 16.6. The third-order valence-electron chi connectivity index (χ3n) is 5.36. The zero-order valence-corrected chi connectivity index (χ0v) is 14.8. The molecule has 134 valence electrons. The highest BCUT2D eigenvalue weighted by atomic mass is 16.4. The van der Waals surface area contributed by atoms with E-state index in [0.29, 0.717) is 12.0 Å². The first-order valence-electron chi connectivity index (χ1n) is 9.12. The second-order valence-corrected chi connectivity index (χ2v) is 7.08. The number of carbonyl (C=O) groups excluding carboxylic acids is 1. The second-order valence-electron chi connectivity index (χ2n) is 7.08. The van der Waals surface area contributed by atoms with Gasteiger partial charge in [0.25, 0.3) is 5.91 Å². The van der Waals surface area contributed by atoms with E-state index >= 15 is 0 Å². The standard InChI is InChI=1S/C21H22N2O3/c1-12-5-4-8-17-20(12)15(21(26)23-17)11-18-14(9-10-19(24)25)13-6-2-3-7-16(13)22-18/h4-5,8,11,22H,2-3,6-7,9-10H2,1H3,(H,23,26)(H,24,25). The molecule has 0 fully saturated rings. The van der Waals surface area contributed by atoms with Crippen molar-refractivity contribution < 1.29 is 14.7 Å². The summed E-state index contributed by atoms with van der Waals surface area (Å²) in [5, 5.41) is 12.0. The lowest BCUT2D eigenvalue weighted by Crippen LogP contribution is -2.05. The van der Waals surface area contributed by atoms with E-state index in [1.165, 1.54) is 11.3 Å². The maximum atomic E-state index is 12.5. The first-order valence-corrected chi connectivity index (χ1v) is 9.12. The Morgan fingerprint density at radius 3 is 2.88 bits per heavy atom. The number of rotatable bonds is 4. The number of hydrogen-bond donors (Lipinski definition) is 3. The first-order chi connectivity index (χ1) is 12.5. The number of carbonyl (C=O) groups is 2. The molecule has 5 heteroatoms. The van der Waals surface area contributed by atoms with Crippen LogP contribution in [0.25, 0.3) is 11.6 Å². The van der Waals surface area contributed by atoms with Crippen LogP contribution in [0, 0.1) is 6.92 Å². The van der Waals surface area contributed by atoms with Crippen molar-refractivity contribution in [2.45, 2.75) is 45.4 Å². The van der Waals surface area contributed by atoms with E-state index in [0.717, 1.165) is 53.8 Å². The van der Waals surface area contributed by atoms with Crippen molar-refractivity contribution in [1.29, 1.82) is 0 Å². The smallest absolute Gasteiger partial charge is 0.303 e. The van der Waals surface area contributed by atoms with Crippen LogP contribution in [0.5, 0.6) is 0 Å². The molecule has 1 aliphatic carbocycles.